The van der Waals surface area contributed by atoms with Crippen molar-refractivity contribution in [2.75, 3.05) is 26.5 Å². The van der Waals surface area contributed by atoms with Gasteiger partial charge in [0.2, 0.25) is 0 Å². The predicted octanol–water partition coefficient (Wildman–Crippen LogP) is -1.97. The van der Waals surface area contributed by atoms with E-state index >= 15 is 0 Å². The Morgan fingerprint density at radius 2 is 1.91 bits per heavy atom. The highest BCUT2D eigenvalue weighted by atomic mass is 35.5. The zero-order chi connectivity index (χ0) is 8.20. The van der Waals surface area contributed by atoms with Gasteiger partial charge in [-0.15, -0.1) is 11.6 Å². The number of aliphatic hydroxyl groups excluding tert-OH is 1. The van der Waals surface area contributed by atoms with Crippen LogP contribution in [0.5, 0.6) is 0 Å². The lowest BCUT2D eigenvalue weighted by Gasteiger charge is -2.33. The number of hydrogen-bond acceptors (Lipinski definition) is 1. The van der Waals surface area contributed by atoms with Gasteiger partial charge >= 0.3 is 0 Å². The van der Waals surface area contributed by atoms with Gasteiger partial charge in [0.05, 0.1) is 26.5 Å². The minimum Gasteiger partial charge on any atom is -1.00 e. The molecule has 0 bridgehead atoms. The molecule has 0 aliphatic heterocycles. The van der Waals surface area contributed by atoms with Crippen LogP contribution in [0.4, 0.5) is 0 Å². The molecule has 0 heterocycles. The zero-order valence-electron chi connectivity index (χ0n) is 7.35. The Labute approximate surface area is 80.1 Å². The Hall–Kier alpha value is 0.500. The van der Waals surface area contributed by atoms with Gasteiger partial charge in [0.1, 0.15) is 0 Å². The lowest BCUT2D eigenvalue weighted by molar-refractivity contribution is -0.934. The fourth-order valence-corrected chi connectivity index (χ4v) is 1.30. The van der Waals surface area contributed by atoms with Crippen molar-refractivity contribution in [3.05, 3.63) is 0 Å². The van der Waals surface area contributed by atoms with Crippen LogP contribution in [-0.2, 0) is 0 Å². The molecule has 0 aliphatic carbocycles. The fraction of sp³-hybridized carbons (Fsp3) is 1.00. The number of alkyl halides is 1. The molecule has 0 aromatic rings. The first-order chi connectivity index (χ1) is 4.54. The van der Waals surface area contributed by atoms with Gasteiger partial charge in [-0.2, -0.15) is 0 Å². The van der Waals surface area contributed by atoms with Crippen LogP contribution in [0.2, 0.25) is 0 Å². The normalized spacial score (nSPS) is 13.9. The molecule has 4 heteroatoms. The number of halogens is 2. The quantitative estimate of drug-likeness (QED) is 0.318. The maximum Gasteiger partial charge on any atom is 0.189 e. The van der Waals surface area contributed by atoms with Crippen LogP contribution < -0.4 is 12.4 Å². The largest absolute Gasteiger partial charge is 1.00 e. The van der Waals surface area contributed by atoms with Crippen molar-refractivity contribution in [3.63, 3.8) is 0 Å². The van der Waals surface area contributed by atoms with Crippen molar-refractivity contribution in [1.29, 1.82) is 0 Å². The van der Waals surface area contributed by atoms with E-state index in [1.54, 1.807) is 0 Å². The molecule has 0 saturated carbocycles. The second-order valence-corrected chi connectivity index (χ2v) is 3.46. The molecule has 0 aromatic heterocycles. The number of nitrogens with zero attached hydrogens (tertiary/aromatic N) is 1. The molecule has 0 fully saturated rings. The van der Waals surface area contributed by atoms with Crippen molar-refractivity contribution in [3.8, 4) is 0 Å². The molecular weight excluding hydrogens is 185 g/mol. The Bertz CT molecular complexity index is 98.4. The van der Waals surface area contributed by atoms with E-state index in [9.17, 15) is 5.11 Å². The van der Waals surface area contributed by atoms with E-state index in [-0.39, 0.29) is 18.6 Å². The van der Waals surface area contributed by atoms with Gasteiger partial charge in [-0.3, -0.25) is 0 Å². The maximum atomic E-state index is 9.43. The van der Waals surface area contributed by atoms with Gasteiger partial charge in [-0.1, -0.05) is 6.92 Å². The lowest BCUT2D eigenvalue weighted by atomic mass is 10.3. The minimum atomic E-state index is -0.279. The highest BCUT2D eigenvalue weighted by Crippen LogP contribution is 2.06. The molecule has 0 radical (unpaired) electrons. The van der Waals surface area contributed by atoms with E-state index in [1.165, 1.54) is 0 Å². The summed E-state index contributed by atoms with van der Waals surface area (Å²) in [4.78, 5) is 0. The fourth-order valence-electron chi connectivity index (χ4n) is 0.861. The molecule has 0 saturated heterocycles. The number of quaternary nitrogens is 1. The third-order valence-corrected chi connectivity index (χ3v) is 2.00. The van der Waals surface area contributed by atoms with E-state index < -0.39 is 0 Å². The Kier molecular flexibility index (Phi) is 7.75. The van der Waals surface area contributed by atoms with Crippen molar-refractivity contribution in [1.82, 2.24) is 0 Å². The van der Waals surface area contributed by atoms with Crippen LogP contribution in [0.15, 0.2) is 0 Å². The summed E-state index contributed by atoms with van der Waals surface area (Å²) in [7, 11) is 3.97. The molecule has 0 rings (SSSR count). The highest BCUT2D eigenvalue weighted by Gasteiger charge is 2.22. The Morgan fingerprint density at radius 1 is 1.45 bits per heavy atom. The maximum absolute atomic E-state index is 9.43. The molecule has 1 N–H and O–H groups in total. The lowest BCUT2D eigenvalue weighted by Crippen LogP contribution is -3.00. The average Bonchev–Trinajstić information content (AvgIpc) is 1.86. The van der Waals surface area contributed by atoms with Gasteiger partial charge in [0, 0.05) is 6.42 Å². The van der Waals surface area contributed by atoms with Gasteiger partial charge < -0.3 is 22.0 Å². The summed E-state index contributed by atoms with van der Waals surface area (Å²) in [5.74, 6) is 0.601. The molecule has 0 spiro atoms. The first-order valence-corrected chi connectivity index (χ1v) is 4.14. The molecule has 1 atom stereocenters. The minimum absolute atomic E-state index is 0. The van der Waals surface area contributed by atoms with Crippen molar-refractivity contribution >= 4 is 11.6 Å². The van der Waals surface area contributed by atoms with Gasteiger partial charge in [-0.25, -0.2) is 0 Å². The molecule has 2 nitrogen and oxygen atoms in total. The summed E-state index contributed by atoms with van der Waals surface area (Å²) in [6, 6.07) is 0. The second-order valence-electron chi connectivity index (χ2n) is 3.08. The SMILES string of the molecule is CCC(O)[N+](C)(C)CCCl.[Cl-]. The van der Waals surface area contributed by atoms with Crippen LogP contribution in [0.3, 0.4) is 0 Å². The number of aliphatic hydroxyl groups is 1. The smallest absolute Gasteiger partial charge is 0.189 e. The monoisotopic (exact) mass is 201 g/mol. The topological polar surface area (TPSA) is 20.2 Å². The van der Waals surface area contributed by atoms with Gasteiger partial charge in [0.15, 0.2) is 6.23 Å². The molecule has 0 aromatic carbocycles. The Morgan fingerprint density at radius 3 is 2.18 bits per heavy atom. The van der Waals surface area contributed by atoms with E-state index in [0.29, 0.717) is 10.4 Å². The third kappa shape index (κ3) is 4.86. The summed E-state index contributed by atoms with van der Waals surface area (Å²) in [6.07, 6.45) is 0.503. The predicted molar refractivity (Wildman–Crippen MR) is 44.0 cm³/mol. The summed E-state index contributed by atoms with van der Waals surface area (Å²) in [6.45, 7) is 2.79. The second kappa shape index (κ2) is 6.06. The van der Waals surface area contributed by atoms with E-state index in [4.69, 9.17) is 11.6 Å². The number of hydrogen-bond donors (Lipinski definition) is 1. The molecule has 1 unspecified atom stereocenters. The highest BCUT2D eigenvalue weighted by molar-refractivity contribution is 6.17. The third-order valence-electron chi connectivity index (χ3n) is 1.83. The van der Waals surface area contributed by atoms with E-state index in [0.717, 1.165) is 13.0 Å². The summed E-state index contributed by atoms with van der Waals surface area (Å²) in [5, 5.41) is 9.43. The summed E-state index contributed by atoms with van der Waals surface area (Å²) in [5.41, 5.74) is 0. The zero-order valence-corrected chi connectivity index (χ0v) is 8.86. The van der Waals surface area contributed by atoms with E-state index in [1.807, 2.05) is 21.0 Å². The van der Waals surface area contributed by atoms with Gasteiger partial charge in [-0.05, 0) is 0 Å². The van der Waals surface area contributed by atoms with Crippen LogP contribution >= 0.6 is 11.6 Å². The van der Waals surface area contributed by atoms with E-state index in [2.05, 4.69) is 0 Å². The van der Waals surface area contributed by atoms with Crippen LogP contribution in [0.1, 0.15) is 13.3 Å². The number of rotatable bonds is 4. The van der Waals surface area contributed by atoms with Crippen molar-refractivity contribution in [2.45, 2.75) is 19.6 Å². The standard InChI is InChI=1S/C7H17ClNO.ClH/c1-4-7(10)9(2,3)6-5-8;/h7,10H,4-6H2,1-3H3;1H/q+1;/p-1. The first kappa shape index (κ1) is 14.0. The molecule has 0 amide bonds. The van der Waals surface area contributed by atoms with Gasteiger partial charge in [0.25, 0.3) is 0 Å². The molecule has 11 heavy (non-hydrogen) atoms. The summed E-state index contributed by atoms with van der Waals surface area (Å²) < 4.78 is 0.597. The van der Waals surface area contributed by atoms with Crippen molar-refractivity contribution in [2.24, 2.45) is 0 Å². The molecular formula is C7H17Cl2NO. The van der Waals surface area contributed by atoms with Crippen LogP contribution in [0, 0.1) is 0 Å². The first-order valence-electron chi connectivity index (χ1n) is 3.61. The average molecular weight is 202 g/mol. The van der Waals surface area contributed by atoms with Crippen molar-refractivity contribution < 1.29 is 22.0 Å². The van der Waals surface area contributed by atoms with Crippen LogP contribution in [-0.4, -0.2) is 42.3 Å². The molecule has 0 aliphatic rings. The molecule has 70 valence electrons. The van der Waals surface area contributed by atoms with Crippen LogP contribution in [0.25, 0.3) is 0 Å². The Balaban J connectivity index is 0. The summed E-state index contributed by atoms with van der Waals surface area (Å²) >= 11 is 5.56.